The van der Waals surface area contributed by atoms with Gasteiger partial charge in [0, 0.05) is 32.5 Å². The third-order valence-corrected chi connectivity index (χ3v) is 4.52. The highest BCUT2D eigenvalue weighted by Gasteiger charge is 2.46. The highest BCUT2D eigenvalue weighted by molar-refractivity contribution is 6.39. The molecular weight excluding hydrogens is 341 g/mol. The molecule has 8 heteroatoms. The molecular formula is C18H22FN3O4. The minimum atomic E-state index is -0.547. The molecule has 1 atom stereocenters. The van der Waals surface area contributed by atoms with Crippen molar-refractivity contribution >= 4 is 17.6 Å². The van der Waals surface area contributed by atoms with Crippen LogP contribution in [0.25, 0.3) is 0 Å². The van der Waals surface area contributed by atoms with Crippen LogP contribution in [0.5, 0.6) is 0 Å². The first-order valence-corrected chi connectivity index (χ1v) is 8.65. The highest BCUT2D eigenvalue weighted by atomic mass is 19.1. The van der Waals surface area contributed by atoms with Crippen LogP contribution in [-0.2, 0) is 25.7 Å². The molecule has 0 aliphatic carbocycles. The van der Waals surface area contributed by atoms with Gasteiger partial charge in [0.1, 0.15) is 11.5 Å². The van der Waals surface area contributed by atoms with Crippen molar-refractivity contribution in [2.75, 3.05) is 26.2 Å². The number of halogens is 1. The highest BCUT2D eigenvalue weighted by Crippen LogP contribution is 2.33. The third-order valence-electron chi connectivity index (χ3n) is 4.52. The number of carbonyl (C=O) groups excluding carboxylic acids is 2. The predicted octanol–water partition coefficient (Wildman–Crippen LogP) is 1.23. The van der Waals surface area contributed by atoms with Crippen molar-refractivity contribution in [3.05, 3.63) is 35.6 Å². The summed E-state index contributed by atoms with van der Waals surface area (Å²) in [5.41, 5.74) is 0.593. The van der Waals surface area contributed by atoms with Gasteiger partial charge in [-0.3, -0.25) is 14.5 Å². The van der Waals surface area contributed by atoms with Gasteiger partial charge >= 0.3 is 5.97 Å². The first kappa shape index (κ1) is 18.3. The molecule has 0 unspecified atom stereocenters. The summed E-state index contributed by atoms with van der Waals surface area (Å²) in [6, 6.07) is 5.94. The van der Waals surface area contributed by atoms with E-state index in [0.717, 1.165) is 5.56 Å². The average molecular weight is 363 g/mol. The van der Waals surface area contributed by atoms with E-state index in [2.05, 4.69) is 10.5 Å². The molecule has 0 bridgehead atoms. The van der Waals surface area contributed by atoms with Crippen LogP contribution >= 0.6 is 0 Å². The number of carbonyl (C=O) groups is 2. The Morgan fingerprint density at radius 3 is 2.88 bits per heavy atom. The second-order valence-electron chi connectivity index (χ2n) is 6.56. The molecule has 1 aromatic carbocycles. The summed E-state index contributed by atoms with van der Waals surface area (Å²) in [7, 11) is 0. The zero-order valence-electron chi connectivity index (χ0n) is 14.7. The number of ether oxygens (including phenoxy) is 1. The normalized spacial score (nSPS) is 22.2. The average Bonchev–Trinajstić information content (AvgIpc) is 3.21. The second kappa shape index (κ2) is 7.82. The topological polar surface area (TPSA) is 80.2 Å². The van der Waals surface area contributed by atoms with E-state index in [1.807, 2.05) is 4.90 Å². The van der Waals surface area contributed by atoms with Crippen molar-refractivity contribution in [1.29, 1.82) is 0 Å². The summed E-state index contributed by atoms with van der Waals surface area (Å²) >= 11 is 0. The fourth-order valence-electron chi connectivity index (χ4n) is 3.20. The molecule has 1 saturated heterocycles. The lowest BCUT2D eigenvalue weighted by atomic mass is 9.96. The van der Waals surface area contributed by atoms with E-state index in [9.17, 15) is 14.0 Å². The summed E-state index contributed by atoms with van der Waals surface area (Å²) in [6.07, 6.45) is 1.10. The quantitative estimate of drug-likeness (QED) is 0.769. The number of hydrogen-bond acceptors (Lipinski definition) is 6. The molecule has 7 nitrogen and oxygen atoms in total. The summed E-state index contributed by atoms with van der Waals surface area (Å²) in [4.78, 5) is 31.4. The Balaban J connectivity index is 1.47. The molecule has 140 valence electrons. The first-order valence-electron chi connectivity index (χ1n) is 8.65. The van der Waals surface area contributed by atoms with Crippen molar-refractivity contribution < 1.29 is 23.6 Å². The van der Waals surface area contributed by atoms with Gasteiger partial charge in [-0.1, -0.05) is 17.3 Å². The number of amides is 1. The predicted molar refractivity (Wildman–Crippen MR) is 91.8 cm³/mol. The molecule has 2 heterocycles. The van der Waals surface area contributed by atoms with Crippen LogP contribution in [0.4, 0.5) is 4.39 Å². The molecule has 1 amide bonds. The lowest BCUT2D eigenvalue weighted by Gasteiger charge is -2.21. The van der Waals surface area contributed by atoms with Crippen LogP contribution in [-0.4, -0.2) is 54.3 Å². The van der Waals surface area contributed by atoms with Crippen LogP contribution in [0.15, 0.2) is 29.4 Å². The van der Waals surface area contributed by atoms with Gasteiger partial charge in [-0.05, 0) is 24.6 Å². The summed E-state index contributed by atoms with van der Waals surface area (Å²) in [5, 5.41) is 6.72. The molecule has 26 heavy (non-hydrogen) atoms. The van der Waals surface area contributed by atoms with Crippen molar-refractivity contribution in [3.63, 3.8) is 0 Å². The Morgan fingerprint density at radius 2 is 2.15 bits per heavy atom. The first-order chi connectivity index (χ1) is 12.5. The third kappa shape index (κ3) is 4.37. The maximum absolute atomic E-state index is 12.9. The number of likely N-dealkylation sites (tertiary alicyclic amines) is 1. The van der Waals surface area contributed by atoms with E-state index in [4.69, 9.17) is 9.57 Å². The number of benzene rings is 1. The molecule has 1 aromatic rings. The molecule has 1 N–H and O–H groups in total. The number of esters is 1. The smallest absolute Gasteiger partial charge is 0.320 e. The molecule has 0 saturated carbocycles. The van der Waals surface area contributed by atoms with E-state index >= 15 is 0 Å². The number of hydrogen-bond donors (Lipinski definition) is 1. The fraction of sp³-hybridized carbons (Fsp3) is 0.500. The SMILES string of the molecule is CCOC(=O)CN1CC[C@@]2(CC(C(=O)NCc3ccc(F)cc3)=NO2)C1. The lowest BCUT2D eigenvalue weighted by molar-refractivity contribution is -0.144. The van der Waals surface area contributed by atoms with Gasteiger partial charge in [0.25, 0.3) is 5.91 Å². The van der Waals surface area contributed by atoms with E-state index in [0.29, 0.717) is 44.8 Å². The summed E-state index contributed by atoms with van der Waals surface area (Å²) in [6.45, 7) is 3.86. The van der Waals surface area contributed by atoms with Gasteiger partial charge < -0.3 is 14.9 Å². The second-order valence-corrected chi connectivity index (χ2v) is 6.56. The standard InChI is InChI=1S/C18H22FN3O4/c1-2-25-16(23)11-22-8-7-18(12-22)9-15(21-26-18)17(24)20-10-13-3-5-14(19)6-4-13/h3-6H,2,7-12H2,1H3,(H,20,24)/t18-/m1/s1. The number of oxime groups is 1. The number of rotatable bonds is 6. The zero-order valence-corrected chi connectivity index (χ0v) is 14.7. The van der Waals surface area contributed by atoms with Crippen molar-refractivity contribution in [1.82, 2.24) is 10.2 Å². The van der Waals surface area contributed by atoms with Gasteiger partial charge in [-0.2, -0.15) is 0 Å². The summed E-state index contributed by atoms with van der Waals surface area (Å²) < 4.78 is 17.9. The van der Waals surface area contributed by atoms with Crippen LogP contribution in [0.1, 0.15) is 25.3 Å². The fourth-order valence-corrected chi connectivity index (χ4v) is 3.20. The van der Waals surface area contributed by atoms with Gasteiger partial charge in [-0.15, -0.1) is 0 Å². The van der Waals surface area contributed by atoms with Gasteiger partial charge in [0.05, 0.1) is 13.2 Å². The minimum absolute atomic E-state index is 0.213. The van der Waals surface area contributed by atoms with Crippen LogP contribution in [0.3, 0.4) is 0 Å². The Morgan fingerprint density at radius 1 is 1.38 bits per heavy atom. The zero-order chi connectivity index (χ0) is 18.6. The largest absolute Gasteiger partial charge is 0.465 e. The maximum atomic E-state index is 12.9. The Bertz CT molecular complexity index is 707. The minimum Gasteiger partial charge on any atom is -0.465 e. The number of nitrogens with zero attached hydrogens (tertiary/aromatic N) is 2. The maximum Gasteiger partial charge on any atom is 0.320 e. The molecule has 0 radical (unpaired) electrons. The Hall–Kier alpha value is -2.48. The van der Waals surface area contributed by atoms with Crippen LogP contribution < -0.4 is 5.32 Å². The molecule has 2 aliphatic rings. The number of nitrogens with one attached hydrogen (secondary N) is 1. The Kier molecular flexibility index (Phi) is 5.51. The molecule has 2 aliphatic heterocycles. The lowest BCUT2D eigenvalue weighted by Crippen LogP contribution is -2.38. The van der Waals surface area contributed by atoms with E-state index in [-0.39, 0.29) is 24.2 Å². The van der Waals surface area contributed by atoms with Crippen molar-refractivity contribution in [2.45, 2.75) is 31.9 Å². The van der Waals surface area contributed by atoms with Crippen molar-refractivity contribution in [2.24, 2.45) is 5.16 Å². The van der Waals surface area contributed by atoms with E-state index < -0.39 is 5.60 Å². The summed E-state index contributed by atoms with van der Waals surface area (Å²) in [5.74, 6) is -0.875. The Labute approximate surface area is 151 Å². The van der Waals surface area contributed by atoms with Crippen LogP contribution in [0, 0.1) is 5.82 Å². The van der Waals surface area contributed by atoms with Gasteiger partial charge in [-0.25, -0.2) is 4.39 Å². The molecule has 1 fully saturated rings. The van der Waals surface area contributed by atoms with E-state index in [1.54, 1.807) is 19.1 Å². The van der Waals surface area contributed by atoms with Gasteiger partial charge in [0.2, 0.25) is 0 Å². The molecule has 3 rings (SSSR count). The molecule has 0 aromatic heterocycles. The molecule has 1 spiro atoms. The van der Waals surface area contributed by atoms with Gasteiger partial charge in [0.15, 0.2) is 5.60 Å². The monoisotopic (exact) mass is 363 g/mol. The van der Waals surface area contributed by atoms with Crippen molar-refractivity contribution in [3.8, 4) is 0 Å². The van der Waals surface area contributed by atoms with E-state index in [1.165, 1.54) is 12.1 Å². The van der Waals surface area contributed by atoms with Crippen LogP contribution in [0.2, 0.25) is 0 Å².